The summed E-state index contributed by atoms with van der Waals surface area (Å²) in [6.45, 7) is 4.13. The lowest BCUT2D eigenvalue weighted by atomic mass is 10.1. The monoisotopic (exact) mass is 137 g/mol. The number of hydrogen-bond acceptors (Lipinski definition) is 3. The minimum absolute atomic E-state index is 0.195. The predicted octanol–water partition coefficient (Wildman–Crippen LogP) is 0.648. The molecule has 0 amide bonds. The Hall–Kier alpha value is -1.06. The molecule has 0 radical (unpaired) electrons. The Labute approximate surface area is 61.3 Å². The standard InChI is InChI=1S/C7H11N3/c1-6(2)7(5-9)10-4-3-8/h6-7,10H,4H2,1-2H3. The van der Waals surface area contributed by atoms with Crippen LogP contribution in [-0.2, 0) is 0 Å². The van der Waals surface area contributed by atoms with Crippen LogP contribution in [0.1, 0.15) is 13.8 Å². The third-order valence-corrected chi connectivity index (χ3v) is 1.21. The zero-order valence-corrected chi connectivity index (χ0v) is 6.26. The van der Waals surface area contributed by atoms with Crippen LogP contribution < -0.4 is 5.32 Å². The van der Waals surface area contributed by atoms with Gasteiger partial charge in [0.25, 0.3) is 0 Å². The van der Waals surface area contributed by atoms with E-state index in [1.165, 1.54) is 0 Å². The Morgan fingerprint density at radius 3 is 2.30 bits per heavy atom. The van der Waals surface area contributed by atoms with Gasteiger partial charge in [-0.2, -0.15) is 10.5 Å². The van der Waals surface area contributed by atoms with Crippen LogP contribution >= 0.6 is 0 Å². The minimum Gasteiger partial charge on any atom is -0.289 e. The van der Waals surface area contributed by atoms with Crippen LogP contribution in [0.5, 0.6) is 0 Å². The summed E-state index contributed by atoms with van der Waals surface area (Å²) in [6, 6.07) is 3.80. The van der Waals surface area contributed by atoms with Gasteiger partial charge in [-0.15, -0.1) is 0 Å². The van der Waals surface area contributed by atoms with E-state index in [0.29, 0.717) is 0 Å². The molecule has 54 valence electrons. The second-order valence-corrected chi connectivity index (χ2v) is 2.39. The summed E-state index contributed by atoms with van der Waals surface area (Å²) in [4.78, 5) is 0. The number of nitrogens with zero attached hydrogens (tertiary/aromatic N) is 2. The summed E-state index contributed by atoms with van der Waals surface area (Å²) in [5.74, 6) is 0.262. The molecule has 0 saturated heterocycles. The van der Waals surface area contributed by atoms with Gasteiger partial charge in [-0.3, -0.25) is 5.32 Å². The van der Waals surface area contributed by atoms with Crippen molar-refractivity contribution in [1.82, 2.24) is 5.32 Å². The van der Waals surface area contributed by atoms with Crippen LogP contribution in [0.4, 0.5) is 0 Å². The van der Waals surface area contributed by atoms with Crippen molar-refractivity contribution in [3.05, 3.63) is 0 Å². The first kappa shape index (κ1) is 8.94. The van der Waals surface area contributed by atoms with E-state index in [-0.39, 0.29) is 18.5 Å². The molecular formula is C7H11N3. The van der Waals surface area contributed by atoms with Crippen molar-refractivity contribution in [3.8, 4) is 12.1 Å². The van der Waals surface area contributed by atoms with Crippen molar-refractivity contribution in [3.63, 3.8) is 0 Å². The molecule has 0 aliphatic rings. The molecule has 0 aliphatic heterocycles. The van der Waals surface area contributed by atoms with E-state index in [9.17, 15) is 0 Å². The molecule has 1 atom stereocenters. The number of nitriles is 2. The topological polar surface area (TPSA) is 59.6 Å². The first-order chi connectivity index (χ1) is 4.72. The van der Waals surface area contributed by atoms with Gasteiger partial charge in [0, 0.05) is 0 Å². The summed E-state index contributed by atoms with van der Waals surface area (Å²) in [5.41, 5.74) is 0. The van der Waals surface area contributed by atoms with Crippen molar-refractivity contribution in [2.45, 2.75) is 19.9 Å². The molecule has 10 heavy (non-hydrogen) atoms. The lowest BCUT2D eigenvalue weighted by molar-refractivity contribution is 0.494. The molecule has 0 aliphatic carbocycles. The summed E-state index contributed by atoms with van der Waals surface area (Å²) < 4.78 is 0. The molecule has 0 aromatic carbocycles. The van der Waals surface area contributed by atoms with Crippen LogP contribution in [0.3, 0.4) is 0 Å². The molecule has 1 N–H and O–H groups in total. The van der Waals surface area contributed by atoms with Crippen molar-refractivity contribution in [2.24, 2.45) is 5.92 Å². The van der Waals surface area contributed by atoms with Gasteiger partial charge in [0.1, 0.15) is 0 Å². The molecule has 0 heterocycles. The largest absolute Gasteiger partial charge is 0.289 e. The Bertz CT molecular complexity index is 161. The zero-order valence-electron chi connectivity index (χ0n) is 6.26. The minimum atomic E-state index is -0.195. The van der Waals surface area contributed by atoms with E-state index in [1.807, 2.05) is 19.9 Å². The molecule has 0 aromatic heterocycles. The Kier molecular flexibility index (Phi) is 4.28. The lowest BCUT2D eigenvalue weighted by Gasteiger charge is -2.11. The van der Waals surface area contributed by atoms with Crippen LogP contribution in [0.15, 0.2) is 0 Å². The van der Waals surface area contributed by atoms with Gasteiger partial charge in [-0.1, -0.05) is 13.8 Å². The highest BCUT2D eigenvalue weighted by Gasteiger charge is 2.09. The van der Waals surface area contributed by atoms with E-state index < -0.39 is 0 Å². The van der Waals surface area contributed by atoms with Crippen LogP contribution in [0.25, 0.3) is 0 Å². The highest BCUT2D eigenvalue weighted by Crippen LogP contribution is 1.98. The fourth-order valence-electron chi connectivity index (χ4n) is 0.586. The first-order valence-electron chi connectivity index (χ1n) is 3.22. The molecule has 0 rings (SSSR count). The van der Waals surface area contributed by atoms with E-state index >= 15 is 0 Å². The Morgan fingerprint density at radius 2 is 2.00 bits per heavy atom. The van der Waals surface area contributed by atoms with Gasteiger partial charge in [0.05, 0.1) is 24.7 Å². The van der Waals surface area contributed by atoms with Crippen molar-refractivity contribution in [1.29, 1.82) is 10.5 Å². The molecular weight excluding hydrogens is 126 g/mol. The van der Waals surface area contributed by atoms with Gasteiger partial charge < -0.3 is 0 Å². The molecule has 0 saturated carbocycles. The second-order valence-electron chi connectivity index (χ2n) is 2.39. The number of nitrogens with one attached hydrogen (secondary N) is 1. The Balaban J connectivity index is 3.66. The van der Waals surface area contributed by atoms with Gasteiger partial charge in [0.2, 0.25) is 0 Å². The highest BCUT2D eigenvalue weighted by atomic mass is 14.9. The van der Waals surface area contributed by atoms with E-state index in [2.05, 4.69) is 11.4 Å². The average molecular weight is 137 g/mol. The first-order valence-corrected chi connectivity index (χ1v) is 3.22. The molecule has 1 unspecified atom stereocenters. The maximum Gasteiger partial charge on any atom is 0.0984 e. The lowest BCUT2D eigenvalue weighted by Crippen LogP contribution is -2.32. The average Bonchev–Trinajstić information content (AvgIpc) is 1.89. The highest BCUT2D eigenvalue weighted by molar-refractivity contribution is 4.94. The molecule has 0 fully saturated rings. The second kappa shape index (κ2) is 4.78. The normalized spacial score (nSPS) is 12.1. The predicted molar refractivity (Wildman–Crippen MR) is 37.9 cm³/mol. The van der Waals surface area contributed by atoms with Gasteiger partial charge in [-0.25, -0.2) is 0 Å². The van der Waals surface area contributed by atoms with Gasteiger partial charge in [-0.05, 0) is 5.92 Å². The smallest absolute Gasteiger partial charge is 0.0984 e. The fraction of sp³-hybridized carbons (Fsp3) is 0.714. The van der Waals surface area contributed by atoms with E-state index in [1.54, 1.807) is 0 Å². The van der Waals surface area contributed by atoms with Gasteiger partial charge >= 0.3 is 0 Å². The fourth-order valence-corrected chi connectivity index (χ4v) is 0.586. The molecule has 3 heteroatoms. The zero-order chi connectivity index (χ0) is 7.98. The van der Waals surface area contributed by atoms with E-state index in [0.717, 1.165) is 0 Å². The molecule has 0 aromatic rings. The maximum atomic E-state index is 8.50. The molecule has 0 spiro atoms. The Morgan fingerprint density at radius 1 is 1.40 bits per heavy atom. The van der Waals surface area contributed by atoms with E-state index in [4.69, 9.17) is 10.5 Å². The summed E-state index contributed by atoms with van der Waals surface area (Å²) in [7, 11) is 0. The third-order valence-electron chi connectivity index (χ3n) is 1.21. The summed E-state index contributed by atoms with van der Waals surface area (Å²) >= 11 is 0. The van der Waals surface area contributed by atoms with Crippen LogP contribution in [-0.4, -0.2) is 12.6 Å². The summed E-state index contributed by atoms with van der Waals surface area (Å²) in [6.07, 6.45) is 0. The quantitative estimate of drug-likeness (QED) is 0.581. The van der Waals surface area contributed by atoms with Gasteiger partial charge in [0.15, 0.2) is 0 Å². The maximum absolute atomic E-state index is 8.50. The SMILES string of the molecule is CC(C)C(C#N)NCC#N. The van der Waals surface area contributed by atoms with Crippen LogP contribution in [0.2, 0.25) is 0 Å². The number of hydrogen-bond donors (Lipinski definition) is 1. The van der Waals surface area contributed by atoms with Crippen molar-refractivity contribution >= 4 is 0 Å². The molecule has 3 nitrogen and oxygen atoms in total. The van der Waals surface area contributed by atoms with Crippen LogP contribution in [0, 0.1) is 28.6 Å². The third kappa shape index (κ3) is 3.06. The van der Waals surface area contributed by atoms with Crippen molar-refractivity contribution in [2.75, 3.05) is 6.54 Å². The summed E-state index contributed by atoms with van der Waals surface area (Å²) in [5, 5.41) is 19.5. The number of rotatable bonds is 3. The molecule has 0 bridgehead atoms. The van der Waals surface area contributed by atoms with Crippen molar-refractivity contribution < 1.29 is 0 Å².